The number of piperidine rings is 1. The first-order chi connectivity index (χ1) is 9.10. The van der Waals surface area contributed by atoms with Crippen molar-refractivity contribution >= 4 is 0 Å². The van der Waals surface area contributed by atoms with E-state index < -0.39 is 0 Å². The van der Waals surface area contributed by atoms with Crippen molar-refractivity contribution in [2.75, 3.05) is 19.6 Å². The maximum absolute atomic E-state index is 13.8. The molecule has 0 bridgehead atoms. The van der Waals surface area contributed by atoms with Crippen LogP contribution >= 0.6 is 0 Å². The number of nitrogens with one attached hydrogen (secondary N) is 1. The molecule has 0 amide bonds. The molecule has 1 fully saturated rings. The number of hydrogen-bond donors (Lipinski definition) is 2. The van der Waals surface area contributed by atoms with Crippen LogP contribution in [0.2, 0.25) is 0 Å². The van der Waals surface area contributed by atoms with Crippen molar-refractivity contribution in [2.45, 2.75) is 38.8 Å². The summed E-state index contributed by atoms with van der Waals surface area (Å²) >= 11 is 0. The maximum Gasteiger partial charge on any atom is 0.131 e. The predicted molar refractivity (Wildman–Crippen MR) is 74.8 cm³/mol. The molecule has 1 aromatic carbocycles. The number of aromatic hydroxyl groups is 1. The Hall–Kier alpha value is -1.13. The quantitative estimate of drug-likeness (QED) is 0.879. The van der Waals surface area contributed by atoms with Crippen LogP contribution in [0.3, 0.4) is 0 Å². The Morgan fingerprint density at radius 3 is 2.68 bits per heavy atom. The number of halogens is 1. The van der Waals surface area contributed by atoms with Crippen molar-refractivity contribution < 1.29 is 9.50 Å². The molecule has 1 aromatic rings. The maximum atomic E-state index is 13.8. The molecule has 1 aliphatic heterocycles. The summed E-state index contributed by atoms with van der Waals surface area (Å²) in [5.74, 6) is -0.365. The fourth-order valence-electron chi connectivity index (χ4n) is 2.73. The molecule has 1 aliphatic rings. The van der Waals surface area contributed by atoms with Gasteiger partial charge in [0.25, 0.3) is 0 Å². The van der Waals surface area contributed by atoms with Crippen molar-refractivity contribution in [1.29, 1.82) is 0 Å². The van der Waals surface area contributed by atoms with Crippen LogP contribution in [0.5, 0.6) is 5.75 Å². The Morgan fingerprint density at radius 2 is 2.11 bits per heavy atom. The van der Waals surface area contributed by atoms with Crippen LogP contribution in [0.1, 0.15) is 38.3 Å². The first kappa shape index (κ1) is 14.3. The molecule has 0 radical (unpaired) electrons. The molecule has 4 heteroatoms. The lowest BCUT2D eigenvalue weighted by Crippen LogP contribution is -2.43. The van der Waals surface area contributed by atoms with Gasteiger partial charge in [0.1, 0.15) is 11.6 Å². The van der Waals surface area contributed by atoms with Crippen LogP contribution in [0.4, 0.5) is 4.39 Å². The van der Waals surface area contributed by atoms with E-state index in [2.05, 4.69) is 17.1 Å². The number of hydrogen-bond acceptors (Lipinski definition) is 3. The number of likely N-dealkylation sites (tertiary alicyclic amines) is 1. The highest BCUT2D eigenvalue weighted by atomic mass is 19.1. The third kappa shape index (κ3) is 3.67. The van der Waals surface area contributed by atoms with E-state index >= 15 is 0 Å². The summed E-state index contributed by atoms with van der Waals surface area (Å²) in [5.41, 5.74) is 0.621. The van der Waals surface area contributed by atoms with Crippen LogP contribution in [-0.2, 0) is 0 Å². The molecule has 3 nitrogen and oxygen atoms in total. The highest BCUT2D eigenvalue weighted by Crippen LogP contribution is 2.22. The number of rotatable bonds is 4. The van der Waals surface area contributed by atoms with Gasteiger partial charge in [-0.15, -0.1) is 0 Å². The first-order valence-corrected chi connectivity index (χ1v) is 7.07. The molecule has 0 spiro atoms. The zero-order chi connectivity index (χ0) is 13.8. The van der Waals surface area contributed by atoms with Gasteiger partial charge in [0.05, 0.1) is 0 Å². The van der Waals surface area contributed by atoms with Gasteiger partial charge in [-0.1, -0.05) is 13.0 Å². The van der Waals surface area contributed by atoms with Crippen molar-refractivity contribution in [3.8, 4) is 5.75 Å². The zero-order valence-corrected chi connectivity index (χ0v) is 11.7. The number of phenolic OH excluding ortho intramolecular Hbond substituents is 1. The molecule has 2 N–H and O–H groups in total. The van der Waals surface area contributed by atoms with E-state index in [4.69, 9.17) is 0 Å². The molecule has 1 atom stereocenters. The van der Waals surface area contributed by atoms with Gasteiger partial charge in [-0.25, -0.2) is 4.39 Å². The van der Waals surface area contributed by atoms with Gasteiger partial charge in [-0.3, -0.25) is 0 Å². The Kier molecular flexibility index (Phi) is 4.77. The molecule has 1 heterocycles. The molecule has 1 unspecified atom stereocenters. The van der Waals surface area contributed by atoms with Crippen molar-refractivity contribution in [1.82, 2.24) is 10.2 Å². The molecular weight excluding hydrogens is 243 g/mol. The van der Waals surface area contributed by atoms with Crippen LogP contribution in [0.15, 0.2) is 18.2 Å². The Labute approximate surface area is 114 Å². The molecule has 0 aliphatic carbocycles. The lowest BCUT2D eigenvalue weighted by molar-refractivity contribution is 0.200. The molecule has 106 valence electrons. The van der Waals surface area contributed by atoms with E-state index in [1.165, 1.54) is 12.1 Å². The van der Waals surface area contributed by atoms with Crippen molar-refractivity contribution in [2.24, 2.45) is 0 Å². The highest BCUT2D eigenvalue weighted by molar-refractivity contribution is 5.29. The monoisotopic (exact) mass is 266 g/mol. The van der Waals surface area contributed by atoms with Gasteiger partial charge in [0, 0.05) is 23.7 Å². The smallest absolute Gasteiger partial charge is 0.131 e. The lowest BCUT2D eigenvalue weighted by Gasteiger charge is -2.33. The second kappa shape index (κ2) is 6.35. The standard InChI is InChI=1S/C15H23FN2O/c1-3-18-8-6-12(7-9-18)17-11(2)14-5-4-13(19)10-15(14)16/h4-5,10-12,17,19H,3,6-9H2,1-2H3. The summed E-state index contributed by atoms with van der Waals surface area (Å²) in [4.78, 5) is 2.43. The van der Waals surface area contributed by atoms with E-state index in [-0.39, 0.29) is 17.6 Å². The first-order valence-electron chi connectivity index (χ1n) is 7.07. The van der Waals surface area contributed by atoms with Crippen LogP contribution < -0.4 is 5.32 Å². The van der Waals surface area contributed by atoms with Gasteiger partial charge in [-0.2, -0.15) is 0 Å². The third-order valence-corrected chi connectivity index (χ3v) is 3.97. The van der Waals surface area contributed by atoms with E-state index in [1.54, 1.807) is 6.07 Å². The Morgan fingerprint density at radius 1 is 1.42 bits per heavy atom. The average Bonchev–Trinajstić information content (AvgIpc) is 2.39. The van der Waals surface area contributed by atoms with Gasteiger partial charge < -0.3 is 15.3 Å². The van der Waals surface area contributed by atoms with E-state index in [0.717, 1.165) is 32.5 Å². The third-order valence-electron chi connectivity index (χ3n) is 3.97. The summed E-state index contributed by atoms with van der Waals surface area (Å²) in [6.07, 6.45) is 2.22. The largest absolute Gasteiger partial charge is 0.508 e. The van der Waals surface area contributed by atoms with Gasteiger partial charge in [0.2, 0.25) is 0 Å². The topological polar surface area (TPSA) is 35.5 Å². The Bertz CT molecular complexity index is 417. The van der Waals surface area contributed by atoms with E-state index in [9.17, 15) is 9.50 Å². The molecule has 0 saturated carbocycles. The number of benzene rings is 1. The van der Waals surface area contributed by atoms with Gasteiger partial charge >= 0.3 is 0 Å². The summed E-state index contributed by atoms with van der Waals surface area (Å²) in [5, 5.41) is 12.7. The van der Waals surface area contributed by atoms with E-state index in [1.807, 2.05) is 6.92 Å². The molecule has 0 aromatic heterocycles. The second-order valence-electron chi connectivity index (χ2n) is 5.30. The normalized spacial score (nSPS) is 19.5. The van der Waals surface area contributed by atoms with Crippen LogP contribution in [-0.4, -0.2) is 35.7 Å². The Balaban J connectivity index is 1.92. The fourth-order valence-corrected chi connectivity index (χ4v) is 2.73. The number of phenols is 1. The molecule has 1 saturated heterocycles. The summed E-state index contributed by atoms with van der Waals surface area (Å²) < 4.78 is 13.8. The second-order valence-corrected chi connectivity index (χ2v) is 5.30. The van der Waals surface area contributed by atoms with Crippen molar-refractivity contribution in [3.05, 3.63) is 29.6 Å². The minimum Gasteiger partial charge on any atom is -0.508 e. The zero-order valence-electron chi connectivity index (χ0n) is 11.7. The minimum atomic E-state index is -0.342. The SMILES string of the molecule is CCN1CCC(NC(C)c2ccc(O)cc2F)CC1. The van der Waals surface area contributed by atoms with Gasteiger partial charge in [0.15, 0.2) is 0 Å². The average molecular weight is 266 g/mol. The summed E-state index contributed by atoms with van der Waals surface area (Å²) in [6.45, 7) is 7.48. The molecule has 19 heavy (non-hydrogen) atoms. The molecular formula is C15H23FN2O. The van der Waals surface area contributed by atoms with Crippen LogP contribution in [0.25, 0.3) is 0 Å². The fraction of sp³-hybridized carbons (Fsp3) is 0.600. The van der Waals surface area contributed by atoms with E-state index in [0.29, 0.717) is 11.6 Å². The summed E-state index contributed by atoms with van der Waals surface area (Å²) in [6, 6.07) is 4.79. The predicted octanol–water partition coefficient (Wildman–Crippen LogP) is 2.67. The lowest BCUT2D eigenvalue weighted by atomic mass is 10.0. The summed E-state index contributed by atoms with van der Waals surface area (Å²) in [7, 11) is 0. The number of nitrogens with zero attached hydrogens (tertiary/aromatic N) is 1. The molecule has 2 rings (SSSR count). The van der Waals surface area contributed by atoms with Crippen LogP contribution in [0, 0.1) is 5.82 Å². The minimum absolute atomic E-state index is 0.0234. The van der Waals surface area contributed by atoms with Crippen molar-refractivity contribution in [3.63, 3.8) is 0 Å². The van der Waals surface area contributed by atoms with Gasteiger partial charge in [-0.05, 0) is 45.5 Å². The highest BCUT2D eigenvalue weighted by Gasteiger charge is 2.21.